The van der Waals surface area contributed by atoms with Gasteiger partial charge in [0.2, 0.25) is 0 Å². The summed E-state index contributed by atoms with van der Waals surface area (Å²) in [5.74, 6) is -1.33. The second-order valence-electron chi connectivity index (χ2n) is 4.03. The maximum atomic E-state index is 13.5. The van der Waals surface area contributed by atoms with E-state index in [1.165, 1.54) is 0 Å². The number of nitrogens with zero attached hydrogens (tertiary/aromatic N) is 2. The van der Waals surface area contributed by atoms with Crippen LogP contribution in [0.25, 0.3) is 0 Å². The maximum absolute atomic E-state index is 13.5. The lowest BCUT2D eigenvalue weighted by atomic mass is 10.2. The lowest BCUT2D eigenvalue weighted by molar-refractivity contribution is 0.574. The van der Waals surface area contributed by atoms with E-state index in [4.69, 9.17) is 0 Å². The Balaban J connectivity index is 2.21. The van der Waals surface area contributed by atoms with Crippen LogP contribution >= 0.6 is 11.3 Å². The molecule has 0 spiro atoms. The van der Waals surface area contributed by atoms with Crippen LogP contribution in [-0.4, -0.2) is 9.97 Å². The predicted molar refractivity (Wildman–Crippen MR) is 67.8 cm³/mol. The van der Waals surface area contributed by atoms with E-state index in [9.17, 15) is 8.78 Å². The third kappa shape index (κ3) is 2.64. The van der Waals surface area contributed by atoms with Gasteiger partial charge in [0.1, 0.15) is 5.82 Å². The number of nitrogens with one attached hydrogen (secondary N) is 1. The number of aryl methyl sites for hydroxylation is 2. The summed E-state index contributed by atoms with van der Waals surface area (Å²) in [6, 6.07) is 0.691. The van der Waals surface area contributed by atoms with Gasteiger partial charge in [0.05, 0.1) is 22.9 Å². The van der Waals surface area contributed by atoms with Crippen LogP contribution in [0.5, 0.6) is 0 Å². The van der Waals surface area contributed by atoms with E-state index in [1.54, 1.807) is 11.3 Å². The van der Waals surface area contributed by atoms with Crippen molar-refractivity contribution in [1.82, 2.24) is 9.97 Å². The molecular formula is C12H13F2N3S. The molecule has 2 aromatic rings. The zero-order valence-electron chi connectivity index (χ0n) is 10.3. The molecule has 0 aliphatic carbocycles. The first-order chi connectivity index (χ1) is 8.47. The van der Waals surface area contributed by atoms with Crippen molar-refractivity contribution in [2.24, 2.45) is 0 Å². The summed E-state index contributed by atoms with van der Waals surface area (Å²) < 4.78 is 26.2. The molecule has 2 rings (SSSR count). The van der Waals surface area contributed by atoms with Gasteiger partial charge in [-0.1, -0.05) is 0 Å². The molecule has 1 unspecified atom stereocenters. The number of pyridine rings is 1. The van der Waals surface area contributed by atoms with Crippen LogP contribution in [0.2, 0.25) is 0 Å². The number of anilines is 1. The van der Waals surface area contributed by atoms with Gasteiger partial charge in [-0.2, -0.15) is 0 Å². The molecule has 1 atom stereocenters. The Hall–Kier alpha value is -1.56. The van der Waals surface area contributed by atoms with Crippen molar-refractivity contribution < 1.29 is 8.78 Å². The van der Waals surface area contributed by atoms with Gasteiger partial charge in [-0.05, 0) is 20.8 Å². The maximum Gasteiger partial charge on any atom is 0.168 e. The highest BCUT2D eigenvalue weighted by molar-refractivity contribution is 7.11. The van der Waals surface area contributed by atoms with Crippen molar-refractivity contribution in [2.75, 3.05) is 5.32 Å². The molecule has 3 nitrogen and oxygen atoms in total. The van der Waals surface area contributed by atoms with Gasteiger partial charge in [-0.25, -0.2) is 18.7 Å². The first-order valence-corrected chi connectivity index (χ1v) is 6.30. The minimum Gasteiger partial charge on any atom is -0.360 e. The van der Waals surface area contributed by atoms with Crippen LogP contribution in [0, 0.1) is 25.5 Å². The van der Waals surface area contributed by atoms with E-state index in [-0.39, 0.29) is 11.9 Å². The summed E-state index contributed by atoms with van der Waals surface area (Å²) in [6.45, 7) is 5.72. The summed E-state index contributed by atoms with van der Waals surface area (Å²) in [4.78, 5) is 9.04. The minimum atomic E-state index is -0.694. The fraction of sp³-hybridized carbons (Fsp3) is 0.333. The topological polar surface area (TPSA) is 37.8 Å². The van der Waals surface area contributed by atoms with Crippen LogP contribution in [-0.2, 0) is 0 Å². The summed E-state index contributed by atoms with van der Waals surface area (Å²) in [7, 11) is 0. The fourth-order valence-electron chi connectivity index (χ4n) is 1.74. The number of thiazole rings is 1. The zero-order valence-corrected chi connectivity index (χ0v) is 11.1. The Kier molecular flexibility index (Phi) is 3.56. The molecule has 0 saturated carbocycles. The third-order valence-electron chi connectivity index (χ3n) is 2.49. The van der Waals surface area contributed by atoms with Gasteiger partial charge >= 0.3 is 0 Å². The third-order valence-corrected chi connectivity index (χ3v) is 3.75. The highest BCUT2D eigenvalue weighted by Crippen LogP contribution is 2.27. The molecule has 18 heavy (non-hydrogen) atoms. The molecule has 0 radical (unpaired) electrons. The lowest BCUT2D eigenvalue weighted by Crippen LogP contribution is -2.09. The van der Waals surface area contributed by atoms with Crippen molar-refractivity contribution in [3.8, 4) is 0 Å². The van der Waals surface area contributed by atoms with Crippen molar-refractivity contribution in [1.29, 1.82) is 0 Å². The standard InChI is InChI=1S/C12H13F2N3S/c1-6-11(18-8(3)16-6)7(2)17-12-10(14)4-9(13)5-15-12/h4-5,7H,1-3H3,(H,15,17). The largest absolute Gasteiger partial charge is 0.360 e. The molecule has 0 fully saturated rings. The van der Waals surface area contributed by atoms with E-state index in [0.29, 0.717) is 0 Å². The quantitative estimate of drug-likeness (QED) is 0.925. The molecular weight excluding hydrogens is 256 g/mol. The second-order valence-corrected chi connectivity index (χ2v) is 5.27. The Morgan fingerprint density at radius 1 is 1.33 bits per heavy atom. The van der Waals surface area contributed by atoms with Crippen LogP contribution in [0.4, 0.5) is 14.6 Å². The van der Waals surface area contributed by atoms with E-state index in [2.05, 4.69) is 15.3 Å². The van der Waals surface area contributed by atoms with Crippen LogP contribution in [0.3, 0.4) is 0 Å². The van der Waals surface area contributed by atoms with Crippen LogP contribution < -0.4 is 5.32 Å². The molecule has 1 N–H and O–H groups in total. The van der Waals surface area contributed by atoms with Gasteiger partial charge in [0.15, 0.2) is 11.6 Å². The molecule has 0 aromatic carbocycles. The Labute approximate surface area is 108 Å². The minimum absolute atomic E-state index is 0.0503. The summed E-state index contributed by atoms with van der Waals surface area (Å²) in [6.07, 6.45) is 0.989. The Bertz CT molecular complexity index is 568. The highest BCUT2D eigenvalue weighted by Gasteiger charge is 2.15. The van der Waals surface area contributed by atoms with Gasteiger partial charge in [0, 0.05) is 10.9 Å². The van der Waals surface area contributed by atoms with Gasteiger partial charge in [-0.3, -0.25) is 0 Å². The molecule has 0 bridgehead atoms. The summed E-state index contributed by atoms with van der Waals surface area (Å²) in [5, 5.41) is 3.89. The van der Waals surface area contributed by atoms with E-state index in [1.807, 2.05) is 20.8 Å². The van der Waals surface area contributed by atoms with Crippen molar-refractivity contribution in [3.63, 3.8) is 0 Å². The first-order valence-electron chi connectivity index (χ1n) is 5.49. The van der Waals surface area contributed by atoms with E-state index >= 15 is 0 Å². The highest BCUT2D eigenvalue weighted by atomic mass is 32.1. The average Bonchev–Trinajstić information content (AvgIpc) is 2.62. The van der Waals surface area contributed by atoms with E-state index < -0.39 is 11.6 Å². The molecule has 0 aliphatic rings. The zero-order chi connectivity index (χ0) is 13.3. The second kappa shape index (κ2) is 4.97. The van der Waals surface area contributed by atoms with Gasteiger partial charge in [-0.15, -0.1) is 11.3 Å². The number of hydrogen-bond acceptors (Lipinski definition) is 4. The molecule has 2 aromatic heterocycles. The normalized spacial score (nSPS) is 12.5. The van der Waals surface area contributed by atoms with Crippen molar-refractivity contribution in [3.05, 3.63) is 39.5 Å². The first kappa shape index (κ1) is 12.9. The number of aromatic nitrogens is 2. The van der Waals surface area contributed by atoms with Crippen molar-refractivity contribution >= 4 is 17.2 Å². The smallest absolute Gasteiger partial charge is 0.168 e. The number of hydrogen-bond donors (Lipinski definition) is 1. The monoisotopic (exact) mass is 269 g/mol. The number of halogens is 2. The van der Waals surface area contributed by atoms with E-state index in [0.717, 1.165) is 27.8 Å². The fourth-order valence-corrected chi connectivity index (χ4v) is 2.67. The predicted octanol–water partition coefficient (Wildman–Crippen LogP) is 3.61. The Morgan fingerprint density at radius 2 is 2.06 bits per heavy atom. The van der Waals surface area contributed by atoms with Crippen molar-refractivity contribution in [2.45, 2.75) is 26.8 Å². The number of rotatable bonds is 3. The molecule has 0 saturated heterocycles. The van der Waals surface area contributed by atoms with Crippen LogP contribution in [0.15, 0.2) is 12.3 Å². The molecule has 96 valence electrons. The average molecular weight is 269 g/mol. The van der Waals surface area contributed by atoms with Gasteiger partial charge < -0.3 is 5.32 Å². The molecule has 2 heterocycles. The lowest BCUT2D eigenvalue weighted by Gasteiger charge is -2.13. The Morgan fingerprint density at radius 3 is 2.61 bits per heavy atom. The summed E-state index contributed by atoms with van der Waals surface area (Å²) >= 11 is 1.55. The van der Waals surface area contributed by atoms with Gasteiger partial charge in [0.25, 0.3) is 0 Å². The van der Waals surface area contributed by atoms with Crippen LogP contribution in [0.1, 0.15) is 28.5 Å². The summed E-state index contributed by atoms with van der Waals surface area (Å²) in [5.41, 5.74) is 0.917. The molecule has 0 amide bonds. The SMILES string of the molecule is Cc1nc(C)c(C(C)Nc2ncc(F)cc2F)s1. The molecule has 6 heteroatoms. The molecule has 0 aliphatic heterocycles.